The van der Waals surface area contributed by atoms with Gasteiger partial charge in [0.2, 0.25) is 0 Å². The van der Waals surface area contributed by atoms with E-state index in [0.717, 1.165) is 28.1 Å². The van der Waals surface area contributed by atoms with Crippen LogP contribution in [0.2, 0.25) is 0 Å². The van der Waals surface area contributed by atoms with Crippen LogP contribution in [0.15, 0.2) is 176 Å². The van der Waals surface area contributed by atoms with E-state index in [-0.39, 0.29) is 0 Å². The SMILES string of the molecule is c1ccc(-c2cc(-c3cccc(C4(c5ccccc5)c5ccccc5-c5ccccc54)c3)cc(-c3ccccc3)n2)cc1. The highest BCUT2D eigenvalue weighted by atomic mass is 14.7. The van der Waals surface area contributed by atoms with Crippen LogP contribution in [0.1, 0.15) is 22.3 Å². The van der Waals surface area contributed by atoms with Crippen molar-refractivity contribution < 1.29 is 0 Å². The first-order valence-corrected chi connectivity index (χ1v) is 14.8. The minimum Gasteiger partial charge on any atom is -0.248 e. The molecular formula is C42H29N. The Morgan fingerprint density at radius 3 is 1.33 bits per heavy atom. The lowest BCUT2D eigenvalue weighted by atomic mass is 9.67. The van der Waals surface area contributed by atoms with Crippen LogP contribution in [-0.4, -0.2) is 4.98 Å². The molecule has 0 radical (unpaired) electrons. The quantitative estimate of drug-likeness (QED) is 0.209. The van der Waals surface area contributed by atoms with E-state index in [1.807, 2.05) is 0 Å². The standard InChI is InChI=1S/C42H29N/c1-4-15-30(16-5-1)40-28-33(29-41(43-40)31-17-6-2-7-18-31)32-19-14-22-35(27-32)42(34-20-8-3-9-21-34)38-25-12-10-23-36(38)37-24-11-13-26-39(37)42/h1-29H. The number of pyridine rings is 1. The number of hydrogen-bond acceptors (Lipinski definition) is 1. The molecule has 0 fully saturated rings. The molecule has 1 heterocycles. The van der Waals surface area contributed by atoms with Gasteiger partial charge in [0.25, 0.3) is 0 Å². The highest BCUT2D eigenvalue weighted by Crippen LogP contribution is 2.56. The number of aromatic nitrogens is 1. The van der Waals surface area contributed by atoms with Gasteiger partial charge < -0.3 is 0 Å². The second-order valence-electron chi connectivity index (χ2n) is 11.1. The van der Waals surface area contributed by atoms with Crippen molar-refractivity contribution in [1.29, 1.82) is 0 Å². The molecule has 1 heteroatoms. The molecule has 0 N–H and O–H groups in total. The third kappa shape index (κ3) is 4.13. The Hall–Kier alpha value is -5.53. The van der Waals surface area contributed by atoms with Crippen LogP contribution in [0.25, 0.3) is 44.8 Å². The summed E-state index contributed by atoms with van der Waals surface area (Å²) in [5.41, 5.74) is 13.8. The number of benzene rings is 6. The predicted octanol–water partition coefficient (Wildman–Crippen LogP) is 10.4. The lowest BCUT2D eigenvalue weighted by Crippen LogP contribution is -2.28. The van der Waals surface area contributed by atoms with E-state index in [9.17, 15) is 0 Å². The Morgan fingerprint density at radius 1 is 0.326 bits per heavy atom. The van der Waals surface area contributed by atoms with Gasteiger partial charge in [0.05, 0.1) is 16.8 Å². The van der Waals surface area contributed by atoms with Crippen LogP contribution in [0.4, 0.5) is 0 Å². The van der Waals surface area contributed by atoms with Gasteiger partial charge >= 0.3 is 0 Å². The average Bonchev–Trinajstić information content (AvgIpc) is 3.40. The molecule has 1 aromatic heterocycles. The lowest BCUT2D eigenvalue weighted by Gasteiger charge is -2.34. The molecule has 0 amide bonds. The van der Waals surface area contributed by atoms with E-state index >= 15 is 0 Å². The van der Waals surface area contributed by atoms with Gasteiger partial charge in [-0.15, -0.1) is 0 Å². The van der Waals surface area contributed by atoms with Gasteiger partial charge in [-0.25, -0.2) is 4.98 Å². The fourth-order valence-electron chi connectivity index (χ4n) is 6.85. The van der Waals surface area contributed by atoms with Crippen LogP contribution >= 0.6 is 0 Å². The maximum absolute atomic E-state index is 5.12. The maximum Gasteiger partial charge on any atom is 0.0715 e. The molecule has 0 atom stereocenters. The van der Waals surface area contributed by atoms with Crippen molar-refractivity contribution in [3.8, 4) is 44.8 Å². The van der Waals surface area contributed by atoms with Crippen molar-refractivity contribution in [2.24, 2.45) is 0 Å². The molecular weight excluding hydrogens is 518 g/mol. The monoisotopic (exact) mass is 547 g/mol. The van der Waals surface area contributed by atoms with E-state index < -0.39 is 5.41 Å². The fraction of sp³-hybridized carbons (Fsp3) is 0.0238. The van der Waals surface area contributed by atoms with E-state index in [1.54, 1.807) is 0 Å². The summed E-state index contributed by atoms with van der Waals surface area (Å²) >= 11 is 0. The summed E-state index contributed by atoms with van der Waals surface area (Å²) in [7, 11) is 0. The van der Waals surface area contributed by atoms with Gasteiger partial charge in [-0.05, 0) is 62.7 Å². The van der Waals surface area contributed by atoms with Gasteiger partial charge in [0, 0.05) is 11.1 Å². The smallest absolute Gasteiger partial charge is 0.0715 e. The molecule has 0 spiro atoms. The molecule has 0 saturated heterocycles. The topological polar surface area (TPSA) is 12.9 Å². The van der Waals surface area contributed by atoms with E-state index in [0.29, 0.717) is 0 Å². The van der Waals surface area contributed by atoms with E-state index in [4.69, 9.17) is 4.98 Å². The summed E-state index contributed by atoms with van der Waals surface area (Å²) < 4.78 is 0. The summed E-state index contributed by atoms with van der Waals surface area (Å²) in [4.78, 5) is 5.12. The van der Waals surface area contributed by atoms with Crippen LogP contribution in [0.5, 0.6) is 0 Å². The Kier molecular flexibility index (Phi) is 6.09. The van der Waals surface area contributed by atoms with Crippen molar-refractivity contribution in [3.63, 3.8) is 0 Å². The Balaban J connectivity index is 1.38. The molecule has 0 aliphatic heterocycles. The zero-order chi connectivity index (χ0) is 28.6. The normalized spacial score (nSPS) is 12.8. The molecule has 43 heavy (non-hydrogen) atoms. The van der Waals surface area contributed by atoms with Crippen molar-refractivity contribution in [2.75, 3.05) is 0 Å². The molecule has 0 saturated carbocycles. The first-order valence-electron chi connectivity index (χ1n) is 14.8. The zero-order valence-corrected chi connectivity index (χ0v) is 23.7. The summed E-state index contributed by atoms with van der Waals surface area (Å²) in [5.74, 6) is 0. The number of rotatable bonds is 5. The minimum atomic E-state index is -0.429. The van der Waals surface area contributed by atoms with Crippen LogP contribution in [0.3, 0.4) is 0 Å². The largest absolute Gasteiger partial charge is 0.248 e. The first-order chi connectivity index (χ1) is 21.3. The third-order valence-electron chi connectivity index (χ3n) is 8.75. The molecule has 1 nitrogen and oxygen atoms in total. The maximum atomic E-state index is 5.12. The van der Waals surface area contributed by atoms with Gasteiger partial charge in [0.1, 0.15) is 0 Å². The third-order valence-corrected chi connectivity index (χ3v) is 8.75. The molecule has 1 aliphatic carbocycles. The number of fused-ring (bicyclic) bond motifs is 3. The van der Waals surface area contributed by atoms with Crippen LogP contribution in [-0.2, 0) is 5.41 Å². The minimum absolute atomic E-state index is 0.429. The molecule has 0 bridgehead atoms. The molecule has 7 aromatic rings. The zero-order valence-electron chi connectivity index (χ0n) is 23.7. The number of hydrogen-bond donors (Lipinski definition) is 0. The Labute approximate surface area is 252 Å². The van der Waals surface area contributed by atoms with Crippen molar-refractivity contribution in [2.45, 2.75) is 5.41 Å². The highest BCUT2D eigenvalue weighted by molar-refractivity contribution is 5.87. The first kappa shape index (κ1) is 25.2. The van der Waals surface area contributed by atoms with Gasteiger partial charge in [-0.2, -0.15) is 0 Å². The lowest BCUT2D eigenvalue weighted by molar-refractivity contribution is 0.769. The summed E-state index contributed by atoms with van der Waals surface area (Å²) in [6, 6.07) is 63.3. The molecule has 6 aromatic carbocycles. The van der Waals surface area contributed by atoms with E-state index in [1.165, 1.54) is 38.9 Å². The van der Waals surface area contributed by atoms with E-state index in [2.05, 4.69) is 176 Å². The Morgan fingerprint density at radius 2 is 0.767 bits per heavy atom. The van der Waals surface area contributed by atoms with Gasteiger partial charge in [0.15, 0.2) is 0 Å². The van der Waals surface area contributed by atoms with Crippen LogP contribution in [0, 0.1) is 0 Å². The Bertz CT molecular complexity index is 1960. The van der Waals surface area contributed by atoms with Crippen molar-refractivity contribution in [3.05, 3.63) is 198 Å². The van der Waals surface area contributed by atoms with Crippen molar-refractivity contribution >= 4 is 0 Å². The van der Waals surface area contributed by atoms with Crippen LogP contribution < -0.4 is 0 Å². The summed E-state index contributed by atoms with van der Waals surface area (Å²) in [5, 5.41) is 0. The number of nitrogens with zero attached hydrogens (tertiary/aromatic N) is 1. The summed E-state index contributed by atoms with van der Waals surface area (Å²) in [6.07, 6.45) is 0. The van der Waals surface area contributed by atoms with Crippen molar-refractivity contribution in [1.82, 2.24) is 4.98 Å². The second-order valence-corrected chi connectivity index (χ2v) is 11.1. The summed E-state index contributed by atoms with van der Waals surface area (Å²) in [6.45, 7) is 0. The highest BCUT2D eigenvalue weighted by Gasteiger charge is 2.45. The van der Waals surface area contributed by atoms with Gasteiger partial charge in [-0.3, -0.25) is 0 Å². The van der Waals surface area contributed by atoms with Gasteiger partial charge in [-0.1, -0.05) is 158 Å². The second kappa shape index (κ2) is 10.4. The molecule has 202 valence electrons. The molecule has 0 unspecified atom stereocenters. The molecule has 1 aliphatic rings. The predicted molar refractivity (Wildman–Crippen MR) is 178 cm³/mol. The fourth-order valence-corrected chi connectivity index (χ4v) is 6.85. The average molecular weight is 548 g/mol. The molecule has 8 rings (SSSR count).